The first-order valence-electron chi connectivity index (χ1n) is 6.30. The van der Waals surface area contributed by atoms with Crippen molar-refractivity contribution in [1.82, 2.24) is 9.97 Å². The Kier molecular flexibility index (Phi) is 8.71. The number of cyclic esters (lactones) is 1. The van der Waals surface area contributed by atoms with Crippen molar-refractivity contribution in [3.05, 3.63) is 35.8 Å². The third-order valence-electron chi connectivity index (χ3n) is 2.65. The second-order valence-electron chi connectivity index (χ2n) is 4.23. The summed E-state index contributed by atoms with van der Waals surface area (Å²) in [7, 11) is 0. The van der Waals surface area contributed by atoms with Crippen LogP contribution in [0, 0.1) is 0 Å². The Morgan fingerprint density at radius 3 is 2.65 bits per heavy atom. The number of carboxylic acids is 1. The summed E-state index contributed by atoms with van der Waals surface area (Å²) in [6, 6.07) is 0. The van der Waals surface area contributed by atoms with Crippen LogP contribution in [-0.4, -0.2) is 54.5 Å². The van der Waals surface area contributed by atoms with Gasteiger partial charge in [-0.15, -0.1) is 0 Å². The SMILES string of the molecule is CCC(O)C1OC(=O)C([OH2+])=C1O.O=C(O)/C=C\c1c[nH]cn1.[Mn]. The first kappa shape index (κ1) is 20.7. The summed E-state index contributed by atoms with van der Waals surface area (Å²) >= 11 is 0. The van der Waals surface area contributed by atoms with Crippen LogP contribution in [0.3, 0.4) is 0 Å². The maximum Gasteiger partial charge on any atom is 0.432 e. The molecule has 2 unspecified atom stereocenters. The number of aliphatic carboxylic acids is 1. The number of aliphatic hydroxyl groups is 2. The van der Waals surface area contributed by atoms with E-state index in [1.165, 1.54) is 12.4 Å². The number of carbonyl (C=O) groups excluding carboxylic acids is 1. The van der Waals surface area contributed by atoms with Crippen molar-refractivity contribution < 1.29 is 51.8 Å². The van der Waals surface area contributed by atoms with Gasteiger partial charge in [0.2, 0.25) is 5.76 Å². The number of aliphatic hydroxyl groups excluding tert-OH is 2. The molecule has 10 heteroatoms. The van der Waals surface area contributed by atoms with Crippen LogP contribution in [0.15, 0.2) is 30.1 Å². The molecule has 2 heterocycles. The average Bonchev–Trinajstić information content (AvgIpc) is 3.09. The normalized spacial score (nSPS) is 18.0. The summed E-state index contributed by atoms with van der Waals surface area (Å²) in [6.07, 6.45) is 3.93. The number of hydrogen-bond donors (Lipinski definition) is 4. The van der Waals surface area contributed by atoms with Gasteiger partial charge in [-0.3, -0.25) is 0 Å². The molecule has 23 heavy (non-hydrogen) atoms. The molecule has 2 atom stereocenters. The number of aromatic nitrogens is 2. The number of H-pyrrole nitrogens is 1. The van der Waals surface area contributed by atoms with Gasteiger partial charge >= 0.3 is 17.7 Å². The molecule has 2 rings (SSSR count). The fourth-order valence-corrected chi connectivity index (χ4v) is 1.47. The second-order valence-corrected chi connectivity index (χ2v) is 4.23. The zero-order chi connectivity index (χ0) is 16.7. The molecule has 6 N–H and O–H groups in total. The van der Waals surface area contributed by atoms with E-state index in [2.05, 4.69) is 14.7 Å². The molecule has 0 aromatic carbocycles. The fraction of sp³-hybridized carbons (Fsp3) is 0.308. The van der Waals surface area contributed by atoms with Crippen LogP contribution in [0.2, 0.25) is 0 Å². The number of ether oxygens (including phenoxy) is 1. The van der Waals surface area contributed by atoms with Crippen molar-refractivity contribution in [2.24, 2.45) is 0 Å². The molecule has 1 aromatic rings. The summed E-state index contributed by atoms with van der Waals surface area (Å²) < 4.78 is 4.54. The largest absolute Gasteiger partial charge is 0.586 e. The van der Waals surface area contributed by atoms with Crippen LogP contribution < -0.4 is 0 Å². The molecule has 1 radical (unpaired) electrons. The molecular weight excluding hydrogens is 351 g/mol. The van der Waals surface area contributed by atoms with Crippen molar-refractivity contribution in [2.45, 2.75) is 25.6 Å². The summed E-state index contributed by atoms with van der Waals surface area (Å²) in [5.41, 5.74) is 0.613. The Labute approximate surface area is 141 Å². The molecule has 9 nitrogen and oxygen atoms in total. The molecule has 0 amide bonds. The third kappa shape index (κ3) is 6.15. The Bertz CT molecular complexity index is 583. The summed E-state index contributed by atoms with van der Waals surface area (Å²) in [6.45, 7) is 1.69. The predicted molar refractivity (Wildman–Crippen MR) is 74.7 cm³/mol. The number of rotatable bonds is 4. The zero-order valence-corrected chi connectivity index (χ0v) is 13.2. The van der Waals surface area contributed by atoms with Crippen molar-refractivity contribution in [3.8, 4) is 0 Å². The number of hydrogen-bond acceptors (Lipinski definition) is 6. The van der Waals surface area contributed by atoms with Gasteiger partial charge in [0.15, 0.2) is 6.10 Å². The van der Waals surface area contributed by atoms with Crippen LogP contribution in [0.5, 0.6) is 0 Å². The molecule has 0 bridgehead atoms. The quantitative estimate of drug-likeness (QED) is 0.246. The van der Waals surface area contributed by atoms with Crippen LogP contribution >= 0.6 is 0 Å². The van der Waals surface area contributed by atoms with E-state index in [0.29, 0.717) is 12.1 Å². The van der Waals surface area contributed by atoms with Gasteiger partial charge in [-0.1, -0.05) is 6.92 Å². The van der Waals surface area contributed by atoms with E-state index in [9.17, 15) is 14.7 Å². The van der Waals surface area contributed by atoms with Gasteiger partial charge in [0, 0.05) is 29.3 Å². The molecule has 127 valence electrons. The Balaban J connectivity index is 0.000000409. The number of aromatic amines is 1. The fourth-order valence-electron chi connectivity index (χ4n) is 1.47. The van der Waals surface area contributed by atoms with E-state index < -0.39 is 35.7 Å². The topological polar surface area (TPSA) is 156 Å². The van der Waals surface area contributed by atoms with Gasteiger partial charge in [0.25, 0.3) is 0 Å². The van der Waals surface area contributed by atoms with Crippen LogP contribution in [0.4, 0.5) is 0 Å². The molecule has 1 aliphatic heterocycles. The Morgan fingerprint density at radius 2 is 2.26 bits per heavy atom. The van der Waals surface area contributed by atoms with Gasteiger partial charge in [-0.2, -0.15) is 0 Å². The number of carbonyl (C=O) groups is 2. The smallest absolute Gasteiger partial charge is 0.432 e. The molecule has 1 aromatic heterocycles. The van der Waals surface area contributed by atoms with Crippen molar-refractivity contribution >= 4 is 18.0 Å². The van der Waals surface area contributed by atoms with Gasteiger partial charge < -0.3 is 30.1 Å². The Hall–Kier alpha value is -2.29. The first-order chi connectivity index (χ1) is 10.4. The van der Waals surface area contributed by atoms with E-state index in [0.717, 1.165) is 6.08 Å². The molecule has 0 fully saturated rings. The van der Waals surface area contributed by atoms with Gasteiger partial charge in [0.05, 0.1) is 18.1 Å². The van der Waals surface area contributed by atoms with Gasteiger partial charge in [-0.25, -0.2) is 14.6 Å². The van der Waals surface area contributed by atoms with Crippen molar-refractivity contribution in [3.63, 3.8) is 0 Å². The van der Waals surface area contributed by atoms with Crippen LogP contribution in [0.25, 0.3) is 6.08 Å². The molecule has 0 aliphatic carbocycles. The van der Waals surface area contributed by atoms with Crippen LogP contribution in [-0.2, 0) is 31.4 Å². The maximum absolute atomic E-state index is 10.7. The third-order valence-corrected chi connectivity index (χ3v) is 2.65. The zero-order valence-electron chi connectivity index (χ0n) is 12.1. The van der Waals surface area contributed by atoms with E-state index in [1.807, 2.05) is 0 Å². The van der Waals surface area contributed by atoms with Gasteiger partial charge in [-0.05, 0) is 12.5 Å². The second kappa shape index (κ2) is 9.67. The van der Waals surface area contributed by atoms with E-state index in [-0.39, 0.29) is 17.1 Å². The summed E-state index contributed by atoms with van der Waals surface area (Å²) in [4.78, 5) is 27.1. The van der Waals surface area contributed by atoms with Crippen molar-refractivity contribution in [1.29, 1.82) is 0 Å². The number of esters is 1. The molecule has 1 aliphatic rings. The monoisotopic (exact) mass is 368 g/mol. The molecule has 0 spiro atoms. The number of nitrogens with one attached hydrogen (secondary N) is 1. The van der Waals surface area contributed by atoms with Crippen molar-refractivity contribution in [2.75, 3.05) is 0 Å². The minimum absolute atomic E-state index is 0. The van der Waals surface area contributed by atoms with E-state index in [4.69, 9.17) is 15.3 Å². The molecule has 0 saturated heterocycles. The number of carboxylic acid groups (broad SMARTS) is 1. The summed E-state index contributed by atoms with van der Waals surface area (Å²) in [5.74, 6) is -2.89. The minimum Gasteiger partial charge on any atom is -0.586 e. The van der Waals surface area contributed by atoms with Crippen LogP contribution in [0.1, 0.15) is 19.0 Å². The summed E-state index contributed by atoms with van der Waals surface area (Å²) in [5, 5.41) is 33.5. The Morgan fingerprint density at radius 1 is 1.61 bits per heavy atom. The standard InChI is InChI=1S/C7H10O5.C6H6N2O2.Mn/c1-2-3(8)6-4(9)5(10)7(11)12-6;9-6(10)2-1-5-3-7-4-8-5;/h3,6,8-10H,2H2,1H3;1-4H,(H,7,8)(H,9,10);/p+1/b;2-1-;. The minimum atomic E-state index is -1.05. The van der Waals surface area contributed by atoms with E-state index in [1.54, 1.807) is 13.1 Å². The predicted octanol–water partition coefficient (Wildman–Crippen LogP) is -0.318. The van der Waals surface area contributed by atoms with Gasteiger partial charge in [0.1, 0.15) is 0 Å². The molecule has 0 saturated carbocycles. The number of imidazole rings is 1. The molecular formula is C13H17MnN2O7+. The first-order valence-corrected chi connectivity index (χ1v) is 6.30. The average molecular weight is 368 g/mol. The maximum atomic E-state index is 10.7. The number of nitrogens with zero attached hydrogens (tertiary/aromatic N) is 1. The van der Waals surface area contributed by atoms with E-state index >= 15 is 0 Å².